The Bertz CT molecular complexity index is 304. The molecule has 0 spiro atoms. The molecule has 0 aromatic heterocycles. The summed E-state index contributed by atoms with van der Waals surface area (Å²) in [7, 11) is 0. The molecule has 0 saturated carbocycles. The number of nitrogens with one attached hydrogen (secondary N) is 1. The van der Waals surface area contributed by atoms with E-state index in [0.717, 1.165) is 6.08 Å². The molecule has 0 heterocycles. The zero-order chi connectivity index (χ0) is 13.6. The Hall–Kier alpha value is -0.690. The standard InChI is InChI=1S/C8H10Cl3NO5/c1-2-4(13)5(6(14)15)12-7(16)17-3-8(9,10)11/h2,4-5,13H,1,3H2,(H,12,16)(H,14,15). The first-order valence-electron chi connectivity index (χ1n) is 4.21. The van der Waals surface area contributed by atoms with Crippen molar-refractivity contribution in [3.05, 3.63) is 12.7 Å². The van der Waals surface area contributed by atoms with Gasteiger partial charge in [0.15, 0.2) is 6.04 Å². The summed E-state index contributed by atoms with van der Waals surface area (Å²) in [6, 6.07) is -1.59. The fourth-order valence-electron chi connectivity index (χ4n) is 0.745. The highest BCUT2D eigenvalue weighted by atomic mass is 35.6. The van der Waals surface area contributed by atoms with Crippen LogP contribution < -0.4 is 5.32 Å². The van der Waals surface area contributed by atoms with Crippen LogP contribution in [0.15, 0.2) is 12.7 Å². The van der Waals surface area contributed by atoms with E-state index < -0.39 is 34.6 Å². The van der Waals surface area contributed by atoms with Crippen LogP contribution in [0.3, 0.4) is 0 Å². The highest BCUT2D eigenvalue weighted by Gasteiger charge is 2.28. The van der Waals surface area contributed by atoms with E-state index in [0.29, 0.717) is 0 Å². The lowest BCUT2D eigenvalue weighted by Gasteiger charge is -2.18. The quantitative estimate of drug-likeness (QED) is 0.522. The van der Waals surface area contributed by atoms with Gasteiger partial charge in [0.1, 0.15) is 12.7 Å². The Morgan fingerprint density at radius 3 is 2.35 bits per heavy atom. The number of carboxylic acid groups (broad SMARTS) is 1. The predicted molar refractivity (Wildman–Crippen MR) is 62.4 cm³/mol. The van der Waals surface area contributed by atoms with Crippen molar-refractivity contribution >= 4 is 46.9 Å². The summed E-state index contributed by atoms with van der Waals surface area (Å²) in [5, 5.41) is 19.8. The monoisotopic (exact) mass is 305 g/mol. The molecule has 0 saturated heterocycles. The number of aliphatic hydroxyl groups is 1. The molecule has 0 aliphatic carbocycles. The van der Waals surface area contributed by atoms with Gasteiger partial charge in [-0.25, -0.2) is 9.59 Å². The first-order chi connectivity index (χ1) is 7.67. The van der Waals surface area contributed by atoms with Gasteiger partial charge < -0.3 is 20.3 Å². The number of alkyl carbamates (subject to hydrolysis) is 1. The number of hydrogen-bond acceptors (Lipinski definition) is 4. The summed E-state index contributed by atoms with van der Waals surface area (Å²) in [5.74, 6) is -1.46. The van der Waals surface area contributed by atoms with Crippen LogP contribution in [0.1, 0.15) is 0 Å². The second-order valence-corrected chi connectivity index (χ2v) is 5.39. The molecule has 9 heteroatoms. The Labute approximate surface area is 112 Å². The number of aliphatic hydroxyl groups excluding tert-OH is 1. The summed E-state index contributed by atoms with van der Waals surface area (Å²) >= 11 is 15.9. The van der Waals surface area contributed by atoms with Crippen molar-refractivity contribution in [2.75, 3.05) is 6.61 Å². The van der Waals surface area contributed by atoms with Crippen LogP contribution in [-0.4, -0.2) is 44.8 Å². The maximum absolute atomic E-state index is 11.1. The van der Waals surface area contributed by atoms with Crippen molar-refractivity contribution in [1.29, 1.82) is 0 Å². The van der Waals surface area contributed by atoms with Gasteiger partial charge >= 0.3 is 12.1 Å². The fraction of sp³-hybridized carbons (Fsp3) is 0.500. The summed E-state index contributed by atoms with van der Waals surface area (Å²) in [6.07, 6.45) is -1.65. The number of rotatable bonds is 5. The molecule has 0 radical (unpaired) electrons. The SMILES string of the molecule is C=CC(O)C(NC(=O)OCC(Cl)(Cl)Cl)C(=O)O. The minimum Gasteiger partial charge on any atom is -0.480 e. The van der Waals surface area contributed by atoms with Crippen LogP contribution in [0.4, 0.5) is 4.79 Å². The molecule has 17 heavy (non-hydrogen) atoms. The van der Waals surface area contributed by atoms with E-state index in [9.17, 15) is 14.7 Å². The Morgan fingerprint density at radius 2 is 2.00 bits per heavy atom. The van der Waals surface area contributed by atoms with E-state index in [2.05, 4.69) is 11.3 Å². The highest BCUT2D eigenvalue weighted by Crippen LogP contribution is 2.25. The van der Waals surface area contributed by atoms with Crippen LogP contribution in [-0.2, 0) is 9.53 Å². The van der Waals surface area contributed by atoms with E-state index in [4.69, 9.17) is 39.9 Å². The lowest BCUT2D eigenvalue weighted by molar-refractivity contribution is -0.141. The molecule has 0 aliphatic heterocycles. The normalized spacial score (nSPS) is 14.6. The van der Waals surface area contributed by atoms with E-state index >= 15 is 0 Å². The lowest BCUT2D eigenvalue weighted by atomic mass is 10.1. The van der Waals surface area contributed by atoms with Gasteiger partial charge in [0, 0.05) is 0 Å². The minimum absolute atomic E-state index is 0.556. The van der Waals surface area contributed by atoms with Crippen molar-refractivity contribution in [2.45, 2.75) is 15.9 Å². The van der Waals surface area contributed by atoms with E-state index in [-0.39, 0.29) is 0 Å². The topological polar surface area (TPSA) is 95.9 Å². The smallest absolute Gasteiger partial charge is 0.408 e. The second-order valence-electron chi connectivity index (χ2n) is 2.88. The Morgan fingerprint density at radius 1 is 1.47 bits per heavy atom. The zero-order valence-corrected chi connectivity index (χ0v) is 10.7. The summed E-state index contributed by atoms with van der Waals surface area (Å²) < 4.78 is 2.63. The van der Waals surface area contributed by atoms with E-state index in [1.165, 1.54) is 0 Å². The average molecular weight is 307 g/mol. The molecule has 0 rings (SSSR count). The van der Waals surface area contributed by atoms with Gasteiger partial charge in [0.05, 0.1) is 0 Å². The zero-order valence-electron chi connectivity index (χ0n) is 8.40. The summed E-state index contributed by atoms with van der Waals surface area (Å²) in [4.78, 5) is 21.8. The number of halogens is 3. The maximum Gasteiger partial charge on any atom is 0.408 e. The molecule has 0 bridgehead atoms. The molecular formula is C8H10Cl3NO5. The molecule has 98 valence electrons. The number of ether oxygens (including phenoxy) is 1. The number of alkyl halides is 3. The third-order valence-electron chi connectivity index (χ3n) is 1.49. The first kappa shape index (κ1) is 16.3. The third kappa shape index (κ3) is 7.27. The van der Waals surface area contributed by atoms with Crippen LogP contribution >= 0.6 is 34.8 Å². The summed E-state index contributed by atoms with van der Waals surface area (Å²) in [6.45, 7) is 2.63. The largest absolute Gasteiger partial charge is 0.480 e. The number of carbonyl (C=O) groups is 2. The molecule has 0 aliphatic rings. The van der Waals surface area contributed by atoms with Gasteiger partial charge in [0.25, 0.3) is 0 Å². The first-order valence-corrected chi connectivity index (χ1v) is 5.34. The molecular weight excluding hydrogens is 296 g/mol. The van der Waals surface area contributed by atoms with Crippen molar-refractivity contribution < 1.29 is 24.5 Å². The van der Waals surface area contributed by atoms with Crippen LogP contribution in [0.2, 0.25) is 0 Å². The van der Waals surface area contributed by atoms with Crippen LogP contribution in [0.5, 0.6) is 0 Å². The number of carbonyl (C=O) groups excluding carboxylic acids is 1. The minimum atomic E-state index is -1.80. The van der Waals surface area contributed by atoms with Gasteiger partial charge in [-0.05, 0) is 0 Å². The van der Waals surface area contributed by atoms with Crippen molar-refractivity contribution in [3.63, 3.8) is 0 Å². The highest BCUT2D eigenvalue weighted by molar-refractivity contribution is 6.67. The fourth-order valence-corrected chi connectivity index (χ4v) is 0.909. The van der Waals surface area contributed by atoms with Gasteiger partial charge in [-0.1, -0.05) is 40.9 Å². The van der Waals surface area contributed by atoms with Crippen LogP contribution in [0.25, 0.3) is 0 Å². The average Bonchev–Trinajstić information content (AvgIpc) is 2.20. The molecule has 3 N–H and O–H groups in total. The van der Waals surface area contributed by atoms with Gasteiger partial charge in [-0.3, -0.25) is 0 Å². The van der Waals surface area contributed by atoms with E-state index in [1.54, 1.807) is 0 Å². The number of carboxylic acids is 1. The molecule has 0 aromatic carbocycles. The molecule has 1 amide bonds. The van der Waals surface area contributed by atoms with E-state index in [1.807, 2.05) is 5.32 Å². The Balaban J connectivity index is 4.33. The maximum atomic E-state index is 11.1. The second kappa shape index (κ2) is 6.90. The third-order valence-corrected chi connectivity index (χ3v) is 1.82. The van der Waals surface area contributed by atoms with Gasteiger partial charge in [-0.2, -0.15) is 0 Å². The molecule has 0 aromatic rings. The molecule has 2 atom stereocenters. The van der Waals surface area contributed by atoms with Gasteiger partial charge in [-0.15, -0.1) is 6.58 Å². The number of aliphatic carboxylic acids is 1. The van der Waals surface area contributed by atoms with Crippen molar-refractivity contribution in [3.8, 4) is 0 Å². The van der Waals surface area contributed by atoms with Crippen molar-refractivity contribution in [2.24, 2.45) is 0 Å². The lowest BCUT2D eigenvalue weighted by Crippen LogP contribution is -2.48. The predicted octanol–water partition coefficient (Wildman–Crippen LogP) is 1.08. The summed E-state index contributed by atoms with van der Waals surface area (Å²) in [5.41, 5.74) is 0. The van der Waals surface area contributed by atoms with Crippen LogP contribution in [0, 0.1) is 0 Å². The molecule has 6 nitrogen and oxygen atoms in total. The number of amides is 1. The Kier molecular flexibility index (Phi) is 6.62. The molecule has 2 unspecified atom stereocenters. The molecule has 0 fully saturated rings. The number of hydrogen-bond donors (Lipinski definition) is 3. The van der Waals surface area contributed by atoms with Crippen molar-refractivity contribution in [1.82, 2.24) is 5.32 Å². The van der Waals surface area contributed by atoms with Gasteiger partial charge in [0.2, 0.25) is 3.79 Å².